The molecule has 2 N–H and O–H groups in total. The third kappa shape index (κ3) is 5.57. The van der Waals surface area contributed by atoms with Crippen LogP contribution in [0.5, 0.6) is 5.75 Å². The van der Waals surface area contributed by atoms with Gasteiger partial charge < -0.3 is 15.4 Å². The molecule has 2 aromatic rings. The number of amides is 2. The minimum atomic E-state index is -0.101. The van der Waals surface area contributed by atoms with Gasteiger partial charge in [-0.2, -0.15) is 0 Å². The predicted molar refractivity (Wildman–Crippen MR) is 109 cm³/mol. The molecule has 1 atom stereocenters. The van der Waals surface area contributed by atoms with E-state index in [-0.39, 0.29) is 17.7 Å². The second-order valence-electron chi connectivity index (χ2n) is 7.02. The predicted octanol–water partition coefficient (Wildman–Crippen LogP) is 2.66. The van der Waals surface area contributed by atoms with Crippen LogP contribution < -0.4 is 15.4 Å². The molecule has 0 aliphatic carbocycles. The summed E-state index contributed by atoms with van der Waals surface area (Å²) < 4.78 is 5.31. The third-order valence-corrected chi connectivity index (χ3v) is 4.95. The number of benzene rings is 2. The molecule has 1 saturated heterocycles. The Hall–Kier alpha value is -2.86. The summed E-state index contributed by atoms with van der Waals surface area (Å²) in [5.41, 5.74) is 1.75. The maximum Gasteiger partial charge on any atom is 0.234 e. The van der Waals surface area contributed by atoms with Crippen molar-refractivity contribution in [2.24, 2.45) is 5.92 Å². The molecular formula is C22H27N3O3. The van der Waals surface area contributed by atoms with Crippen molar-refractivity contribution in [1.29, 1.82) is 0 Å². The first kappa shape index (κ1) is 19.9. The van der Waals surface area contributed by atoms with Crippen molar-refractivity contribution >= 4 is 17.5 Å². The van der Waals surface area contributed by atoms with Gasteiger partial charge in [0.25, 0.3) is 0 Å². The molecule has 0 radical (unpaired) electrons. The molecule has 0 unspecified atom stereocenters. The molecule has 2 amide bonds. The molecule has 1 fully saturated rings. The Bertz CT molecular complexity index is 795. The zero-order chi connectivity index (χ0) is 19.8. The van der Waals surface area contributed by atoms with E-state index in [0.29, 0.717) is 19.6 Å². The highest BCUT2D eigenvalue weighted by molar-refractivity contribution is 5.92. The van der Waals surface area contributed by atoms with Crippen molar-refractivity contribution in [1.82, 2.24) is 10.2 Å². The van der Waals surface area contributed by atoms with E-state index in [0.717, 1.165) is 36.4 Å². The van der Waals surface area contributed by atoms with Gasteiger partial charge in [-0.05, 0) is 37.6 Å². The zero-order valence-corrected chi connectivity index (χ0v) is 16.2. The normalized spacial score (nSPS) is 17.0. The highest BCUT2D eigenvalue weighted by Gasteiger charge is 2.26. The van der Waals surface area contributed by atoms with E-state index in [9.17, 15) is 9.59 Å². The van der Waals surface area contributed by atoms with Gasteiger partial charge in [0, 0.05) is 24.3 Å². The van der Waals surface area contributed by atoms with Gasteiger partial charge in [-0.15, -0.1) is 0 Å². The van der Waals surface area contributed by atoms with Crippen LogP contribution in [0.2, 0.25) is 0 Å². The molecule has 0 bridgehead atoms. The molecule has 148 valence electrons. The maximum atomic E-state index is 12.5. The number of hydrogen-bond acceptors (Lipinski definition) is 4. The fourth-order valence-electron chi connectivity index (χ4n) is 3.48. The van der Waals surface area contributed by atoms with E-state index < -0.39 is 0 Å². The maximum absolute atomic E-state index is 12.5. The van der Waals surface area contributed by atoms with Crippen LogP contribution >= 0.6 is 0 Å². The van der Waals surface area contributed by atoms with Crippen molar-refractivity contribution in [2.45, 2.75) is 19.4 Å². The first-order valence-corrected chi connectivity index (χ1v) is 9.62. The molecule has 0 saturated carbocycles. The summed E-state index contributed by atoms with van der Waals surface area (Å²) in [7, 11) is 1.62. The average Bonchev–Trinajstić information content (AvgIpc) is 2.73. The fraction of sp³-hybridized carbons (Fsp3) is 0.364. The van der Waals surface area contributed by atoms with E-state index in [1.54, 1.807) is 7.11 Å². The van der Waals surface area contributed by atoms with Crippen LogP contribution in [-0.4, -0.2) is 43.5 Å². The lowest BCUT2D eigenvalue weighted by molar-refractivity contribution is -0.125. The van der Waals surface area contributed by atoms with Gasteiger partial charge in [0.15, 0.2) is 0 Å². The number of nitrogens with one attached hydrogen (secondary N) is 2. The van der Waals surface area contributed by atoms with Crippen molar-refractivity contribution < 1.29 is 14.3 Å². The molecule has 3 rings (SSSR count). The number of likely N-dealkylation sites (tertiary alicyclic amines) is 1. The van der Waals surface area contributed by atoms with Crippen molar-refractivity contribution in [3.63, 3.8) is 0 Å². The van der Waals surface area contributed by atoms with Crippen LogP contribution in [0.4, 0.5) is 5.69 Å². The number of methoxy groups -OCH3 is 1. The summed E-state index contributed by atoms with van der Waals surface area (Å²) in [4.78, 5) is 26.9. The van der Waals surface area contributed by atoms with E-state index >= 15 is 0 Å². The number of anilines is 1. The lowest BCUT2D eigenvalue weighted by Gasteiger charge is -2.31. The smallest absolute Gasteiger partial charge is 0.234 e. The Balaban J connectivity index is 1.47. The number of piperidine rings is 1. The fourth-order valence-corrected chi connectivity index (χ4v) is 3.48. The van der Waals surface area contributed by atoms with Gasteiger partial charge >= 0.3 is 0 Å². The third-order valence-electron chi connectivity index (χ3n) is 4.95. The molecule has 6 heteroatoms. The molecule has 1 aliphatic heterocycles. The van der Waals surface area contributed by atoms with Crippen molar-refractivity contribution in [3.8, 4) is 5.75 Å². The summed E-state index contributed by atoms with van der Waals surface area (Å²) in [6.45, 7) is 2.15. The van der Waals surface area contributed by atoms with Crippen LogP contribution in [0, 0.1) is 5.92 Å². The number of hydrogen-bond donors (Lipinski definition) is 2. The summed E-state index contributed by atoms with van der Waals surface area (Å²) in [6, 6.07) is 17.1. The lowest BCUT2D eigenvalue weighted by Crippen LogP contribution is -2.45. The quantitative estimate of drug-likeness (QED) is 0.774. The minimum absolute atomic E-state index is 0.0188. The molecule has 6 nitrogen and oxygen atoms in total. The highest BCUT2D eigenvalue weighted by Crippen LogP contribution is 2.19. The molecule has 0 spiro atoms. The number of para-hydroxylation sites is 2. The summed E-state index contributed by atoms with van der Waals surface area (Å²) >= 11 is 0. The Morgan fingerprint density at radius 3 is 2.64 bits per heavy atom. The molecule has 0 aromatic heterocycles. The van der Waals surface area contributed by atoms with Crippen molar-refractivity contribution in [2.75, 3.05) is 32.1 Å². The molecule has 2 aromatic carbocycles. The van der Waals surface area contributed by atoms with Crippen LogP contribution in [0.1, 0.15) is 18.4 Å². The standard InChI is InChI=1S/C22H27N3O3/c1-28-20-12-6-5-8-17(20)14-23-21(26)16-25-13-7-9-18(15-25)22(27)24-19-10-3-2-4-11-19/h2-6,8,10-12,18H,7,9,13-16H2,1H3,(H,23,26)(H,24,27)/t18-/m1/s1. The Kier molecular flexibility index (Phi) is 7.03. The Labute approximate surface area is 165 Å². The number of carbonyl (C=O) groups excluding carboxylic acids is 2. The van der Waals surface area contributed by atoms with Gasteiger partial charge in [0.05, 0.1) is 19.6 Å². The number of rotatable bonds is 7. The van der Waals surface area contributed by atoms with E-state index in [2.05, 4.69) is 15.5 Å². The van der Waals surface area contributed by atoms with Gasteiger partial charge in [-0.1, -0.05) is 36.4 Å². The molecule has 1 aliphatic rings. The molecule has 28 heavy (non-hydrogen) atoms. The first-order valence-electron chi connectivity index (χ1n) is 9.62. The molecular weight excluding hydrogens is 354 g/mol. The van der Waals surface area contributed by atoms with Gasteiger partial charge in [0.1, 0.15) is 5.75 Å². The average molecular weight is 381 g/mol. The zero-order valence-electron chi connectivity index (χ0n) is 16.2. The SMILES string of the molecule is COc1ccccc1CNC(=O)CN1CCC[C@@H](C(=O)Nc2ccccc2)C1. The van der Waals surface area contributed by atoms with E-state index in [1.807, 2.05) is 54.6 Å². The summed E-state index contributed by atoms with van der Waals surface area (Å²) in [6.07, 6.45) is 1.75. The van der Waals surface area contributed by atoms with Gasteiger partial charge in [-0.3, -0.25) is 14.5 Å². The number of ether oxygens (including phenoxy) is 1. The lowest BCUT2D eigenvalue weighted by atomic mass is 9.97. The Morgan fingerprint density at radius 2 is 1.86 bits per heavy atom. The number of carbonyl (C=O) groups is 2. The van der Waals surface area contributed by atoms with Crippen LogP contribution in [0.25, 0.3) is 0 Å². The summed E-state index contributed by atoms with van der Waals surface area (Å²) in [5.74, 6) is 0.634. The van der Waals surface area contributed by atoms with Crippen molar-refractivity contribution in [3.05, 3.63) is 60.2 Å². The van der Waals surface area contributed by atoms with Crippen LogP contribution in [0.3, 0.4) is 0 Å². The Morgan fingerprint density at radius 1 is 1.11 bits per heavy atom. The highest BCUT2D eigenvalue weighted by atomic mass is 16.5. The topological polar surface area (TPSA) is 70.7 Å². The van der Waals surface area contributed by atoms with Gasteiger partial charge in [0.2, 0.25) is 11.8 Å². The molecule has 1 heterocycles. The second kappa shape index (κ2) is 9.90. The van der Waals surface area contributed by atoms with Crippen LogP contribution in [0.15, 0.2) is 54.6 Å². The largest absolute Gasteiger partial charge is 0.496 e. The first-order chi connectivity index (χ1) is 13.7. The van der Waals surface area contributed by atoms with E-state index in [1.165, 1.54) is 0 Å². The minimum Gasteiger partial charge on any atom is -0.496 e. The summed E-state index contributed by atoms with van der Waals surface area (Å²) in [5, 5.41) is 5.91. The monoisotopic (exact) mass is 381 g/mol. The van der Waals surface area contributed by atoms with Crippen LogP contribution in [-0.2, 0) is 16.1 Å². The number of nitrogens with zero attached hydrogens (tertiary/aromatic N) is 1. The van der Waals surface area contributed by atoms with E-state index in [4.69, 9.17) is 4.74 Å². The van der Waals surface area contributed by atoms with Gasteiger partial charge in [-0.25, -0.2) is 0 Å². The second-order valence-corrected chi connectivity index (χ2v) is 7.02.